The number of carbonyl (C=O) groups is 1. The number of aryl methyl sites for hydroxylation is 1. The van der Waals surface area contributed by atoms with Crippen LogP contribution in [-0.2, 0) is 6.42 Å². The van der Waals surface area contributed by atoms with E-state index in [-0.39, 0.29) is 5.78 Å². The van der Waals surface area contributed by atoms with E-state index in [1.807, 2.05) is 36.6 Å². The van der Waals surface area contributed by atoms with Gasteiger partial charge in [0.2, 0.25) is 5.78 Å². The summed E-state index contributed by atoms with van der Waals surface area (Å²) >= 11 is 1.64. The number of hydrogen-bond donors (Lipinski definition) is 1. The predicted octanol–water partition coefficient (Wildman–Crippen LogP) is 4.31. The van der Waals surface area contributed by atoms with Crippen molar-refractivity contribution < 1.29 is 4.79 Å². The van der Waals surface area contributed by atoms with Gasteiger partial charge in [0, 0.05) is 5.56 Å². The van der Waals surface area contributed by atoms with Crippen LogP contribution in [0.2, 0.25) is 0 Å². The van der Waals surface area contributed by atoms with E-state index < -0.39 is 0 Å². The summed E-state index contributed by atoms with van der Waals surface area (Å²) in [5.74, 6) is 0.0898. The van der Waals surface area contributed by atoms with Gasteiger partial charge >= 0.3 is 0 Å². The molecule has 1 aromatic carbocycles. The molecule has 0 saturated heterocycles. The molecule has 2 aromatic rings. The highest BCUT2D eigenvalue weighted by Crippen LogP contribution is 2.22. The van der Waals surface area contributed by atoms with Crippen molar-refractivity contribution in [2.45, 2.75) is 31.2 Å². The summed E-state index contributed by atoms with van der Waals surface area (Å²) < 4.78 is 0. The maximum atomic E-state index is 12.5. The number of aromatic nitrogens is 1. The molecule has 3 heteroatoms. The lowest BCUT2D eigenvalue weighted by molar-refractivity contribution is 0.103. The number of ketones is 1. The Labute approximate surface area is 118 Å². The third-order valence-electron chi connectivity index (χ3n) is 3.16. The number of rotatable bonds is 6. The van der Waals surface area contributed by atoms with Gasteiger partial charge in [-0.15, -0.1) is 11.8 Å². The molecular weight excluding hydrogens is 254 g/mol. The number of benzene rings is 1. The smallest absolute Gasteiger partial charge is 0.209 e. The van der Waals surface area contributed by atoms with Gasteiger partial charge in [0.25, 0.3) is 0 Å². The van der Waals surface area contributed by atoms with Gasteiger partial charge in [-0.3, -0.25) is 4.79 Å². The van der Waals surface area contributed by atoms with E-state index >= 15 is 0 Å². The summed E-state index contributed by atoms with van der Waals surface area (Å²) in [6.45, 7) is 2.17. The Morgan fingerprint density at radius 3 is 2.63 bits per heavy atom. The van der Waals surface area contributed by atoms with Gasteiger partial charge < -0.3 is 4.98 Å². The van der Waals surface area contributed by atoms with Crippen molar-refractivity contribution in [1.82, 2.24) is 4.98 Å². The van der Waals surface area contributed by atoms with Crippen molar-refractivity contribution in [3.8, 4) is 0 Å². The number of unbranched alkanes of at least 4 members (excludes halogenated alkanes) is 1. The minimum absolute atomic E-state index is 0.0898. The fourth-order valence-corrected chi connectivity index (χ4v) is 2.55. The SMILES string of the molecule is CCCCc1cc(SC)[nH]c1C(=O)c1ccccc1. The van der Waals surface area contributed by atoms with Gasteiger partial charge in [0.1, 0.15) is 0 Å². The molecule has 0 unspecified atom stereocenters. The summed E-state index contributed by atoms with van der Waals surface area (Å²) in [6.07, 6.45) is 5.23. The van der Waals surface area contributed by atoms with E-state index in [1.165, 1.54) is 0 Å². The second-order valence-electron chi connectivity index (χ2n) is 4.54. The van der Waals surface area contributed by atoms with E-state index in [4.69, 9.17) is 0 Å². The van der Waals surface area contributed by atoms with Gasteiger partial charge in [-0.1, -0.05) is 43.7 Å². The van der Waals surface area contributed by atoms with Crippen molar-refractivity contribution in [2.75, 3.05) is 6.26 Å². The molecule has 19 heavy (non-hydrogen) atoms. The molecule has 1 heterocycles. The van der Waals surface area contributed by atoms with Gasteiger partial charge in [-0.2, -0.15) is 0 Å². The monoisotopic (exact) mass is 273 g/mol. The third-order valence-corrected chi connectivity index (χ3v) is 3.82. The molecule has 0 aliphatic heterocycles. The molecule has 0 radical (unpaired) electrons. The van der Waals surface area contributed by atoms with Gasteiger partial charge in [0.15, 0.2) is 0 Å². The van der Waals surface area contributed by atoms with Gasteiger partial charge in [-0.25, -0.2) is 0 Å². The van der Waals surface area contributed by atoms with E-state index in [2.05, 4.69) is 18.0 Å². The van der Waals surface area contributed by atoms with Gasteiger partial charge in [-0.05, 0) is 30.7 Å². The number of aromatic amines is 1. The lowest BCUT2D eigenvalue weighted by Crippen LogP contribution is -2.05. The Kier molecular flexibility index (Phi) is 4.86. The largest absolute Gasteiger partial charge is 0.347 e. The zero-order valence-electron chi connectivity index (χ0n) is 11.4. The minimum Gasteiger partial charge on any atom is -0.347 e. The topological polar surface area (TPSA) is 32.9 Å². The number of nitrogens with one attached hydrogen (secondary N) is 1. The highest BCUT2D eigenvalue weighted by atomic mass is 32.2. The van der Waals surface area contributed by atoms with Crippen molar-refractivity contribution in [3.63, 3.8) is 0 Å². The molecule has 0 atom stereocenters. The van der Waals surface area contributed by atoms with Crippen molar-refractivity contribution in [1.29, 1.82) is 0 Å². The van der Waals surface area contributed by atoms with Crippen LogP contribution in [0.15, 0.2) is 41.4 Å². The zero-order valence-corrected chi connectivity index (χ0v) is 12.2. The van der Waals surface area contributed by atoms with Crippen LogP contribution in [0.3, 0.4) is 0 Å². The first-order valence-electron chi connectivity index (χ1n) is 6.62. The Hall–Kier alpha value is -1.48. The molecule has 0 amide bonds. The molecule has 0 bridgehead atoms. The first kappa shape index (κ1) is 13.9. The first-order chi connectivity index (χ1) is 9.26. The zero-order chi connectivity index (χ0) is 13.7. The van der Waals surface area contributed by atoms with Crippen molar-refractivity contribution in [3.05, 3.63) is 53.2 Å². The summed E-state index contributed by atoms with van der Waals surface area (Å²) in [7, 11) is 0. The lowest BCUT2D eigenvalue weighted by atomic mass is 10.0. The first-order valence-corrected chi connectivity index (χ1v) is 7.84. The third kappa shape index (κ3) is 3.29. The Morgan fingerprint density at radius 2 is 2.00 bits per heavy atom. The Morgan fingerprint density at radius 1 is 1.26 bits per heavy atom. The molecule has 1 N–H and O–H groups in total. The number of hydrogen-bond acceptors (Lipinski definition) is 2. The Balaban J connectivity index is 2.32. The standard InChI is InChI=1S/C16H19NOS/c1-3-4-8-13-11-14(19-2)17-15(13)16(18)12-9-6-5-7-10-12/h5-7,9-11,17H,3-4,8H2,1-2H3. The second-order valence-corrected chi connectivity index (χ2v) is 5.38. The van der Waals surface area contributed by atoms with Crippen molar-refractivity contribution in [2.24, 2.45) is 0 Å². The van der Waals surface area contributed by atoms with Gasteiger partial charge in [0.05, 0.1) is 10.7 Å². The molecular formula is C16H19NOS. The molecule has 0 aliphatic carbocycles. The molecule has 0 saturated carbocycles. The van der Waals surface area contributed by atoms with Crippen LogP contribution in [-0.4, -0.2) is 17.0 Å². The Bertz CT molecular complexity index is 545. The second kappa shape index (κ2) is 6.62. The highest BCUT2D eigenvalue weighted by Gasteiger charge is 2.16. The van der Waals surface area contributed by atoms with Crippen LogP contribution >= 0.6 is 11.8 Å². The minimum atomic E-state index is 0.0898. The maximum absolute atomic E-state index is 12.5. The molecule has 2 rings (SSSR count). The summed E-state index contributed by atoms with van der Waals surface area (Å²) in [5.41, 5.74) is 2.64. The van der Waals surface area contributed by atoms with Crippen LogP contribution in [0.1, 0.15) is 41.4 Å². The number of H-pyrrole nitrogens is 1. The molecule has 0 fully saturated rings. The van der Waals surface area contributed by atoms with E-state index in [1.54, 1.807) is 11.8 Å². The quantitative estimate of drug-likeness (QED) is 0.628. The summed E-state index contributed by atoms with van der Waals surface area (Å²) in [5, 5.41) is 1.06. The van der Waals surface area contributed by atoms with Crippen LogP contribution in [0.25, 0.3) is 0 Å². The number of carbonyl (C=O) groups excluding carboxylic acids is 1. The fraction of sp³-hybridized carbons (Fsp3) is 0.312. The normalized spacial score (nSPS) is 10.6. The van der Waals surface area contributed by atoms with Crippen LogP contribution in [0.4, 0.5) is 0 Å². The van der Waals surface area contributed by atoms with E-state index in [0.29, 0.717) is 0 Å². The van der Waals surface area contributed by atoms with Crippen molar-refractivity contribution >= 4 is 17.5 Å². The highest BCUT2D eigenvalue weighted by molar-refractivity contribution is 7.98. The average molecular weight is 273 g/mol. The van der Waals surface area contributed by atoms with Crippen LogP contribution in [0.5, 0.6) is 0 Å². The van der Waals surface area contributed by atoms with Crippen LogP contribution < -0.4 is 0 Å². The maximum Gasteiger partial charge on any atom is 0.209 e. The van der Waals surface area contributed by atoms with E-state index in [9.17, 15) is 4.79 Å². The molecule has 2 nitrogen and oxygen atoms in total. The van der Waals surface area contributed by atoms with Crippen LogP contribution in [0, 0.1) is 0 Å². The number of thioether (sulfide) groups is 1. The average Bonchev–Trinajstić information content (AvgIpc) is 2.88. The summed E-state index contributed by atoms with van der Waals surface area (Å²) in [4.78, 5) is 15.8. The molecule has 0 spiro atoms. The predicted molar refractivity (Wildman–Crippen MR) is 81.1 cm³/mol. The molecule has 0 aliphatic rings. The molecule has 1 aromatic heterocycles. The summed E-state index contributed by atoms with van der Waals surface area (Å²) in [6, 6.07) is 11.6. The molecule has 100 valence electrons. The lowest BCUT2D eigenvalue weighted by Gasteiger charge is -2.03. The van der Waals surface area contributed by atoms with E-state index in [0.717, 1.165) is 41.1 Å². The fourth-order valence-electron chi connectivity index (χ4n) is 2.08.